The molecule has 0 saturated carbocycles. The fourth-order valence-electron chi connectivity index (χ4n) is 5.72. The minimum Gasteiger partial charge on any atom is -0.496 e. The Morgan fingerprint density at radius 3 is 2.56 bits per heavy atom. The molecule has 2 aliphatic rings. The molecule has 34 heavy (non-hydrogen) atoms. The average Bonchev–Trinajstić information content (AvgIpc) is 3.15. The molecule has 4 heterocycles. The number of amides is 1. The Morgan fingerprint density at radius 1 is 1.03 bits per heavy atom. The number of carbonyl (C=O) groups excluding carboxylic acids is 1. The second kappa shape index (κ2) is 8.99. The summed E-state index contributed by atoms with van der Waals surface area (Å²) < 4.78 is 5.72. The molecular weight excluding hydrogens is 424 g/mol. The van der Waals surface area contributed by atoms with Crippen LogP contribution in [0.2, 0.25) is 0 Å². The Labute approximate surface area is 202 Å². The SMILES string of the molecule is COc1cc(C)cc(C)c1-c1ccc2c([C@@H]3CCN(C)C3=O)cc(C3CCCN(C)C3)nc2n1. The van der Waals surface area contributed by atoms with E-state index in [1.165, 1.54) is 0 Å². The second-order valence-electron chi connectivity index (χ2n) is 10.1. The zero-order chi connectivity index (χ0) is 24.0. The highest BCUT2D eigenvalue weighted by Crippen LogP contribution is 2.38. The first-order valence-corrected chi connectivity index (χ1v) is 12.3. The molecule has 6 heteroatoms. The molecule has 2 aliphatic heterocycles. The van der Waals surface area contributed by atoms with E-state index < -0.39 is 0 Å². The summed E-state index contributed by atoms with van der Waals surface area (Å²) in [5, 5.41) is 0.981. The molecule has 2 fully saturated rings. The van der Waals surface area contributed by atoms with Crippen molar-refractivity contribution in [1.29, 1.82) is 0 Å². The van der Waals surface area contributed by atoms with Gasteiger partial charge in [-0.25, -0.2) is 9.97 Å². The molecule has 1 unspecified atom stereocenters. The highest BCUT2D eigenvalue weighted by molar-refractivity contribution is 5.92. The summed E-state index contributed by atoms with van der Waals surface area (Å²) in [7, 11) is 5.77. The number of rotatable bonds is 4. The molecule has 2 atom stereocenters. The highest BCUT2D eigenvalue weighted by atomic mass is 16.5. The maximum Gasteiger partial charge on any atom is 0.229 e. The van der Waals surface area contributed by atoms with Crippen molar-refractivity contribution in [2.75, 3.05) is 40.8 Å². The number of likely N-dealkylation sites (N-methyl/N-ethyl adjacent to an activating group) is 2. The normalized spacial score (nSPS) is 21.4. The number of pyridine rings is 2. The summed E-state index contributed by atoms with van der Waals surface area (Å²) in [5.41, 5.74) is 7.00. The number of fused-ring (bicyclic) bond motifs is 1. The zero-order valence-electron chi connectivity index (χ0n) is 20.9. The lowest BCUT2D eigenvalue weighted by Crippen LogP contribution is -2.31. The van der Waals surface area contributed by atoms with E-state index in [1.54, 1.807) is 7.11 Å². The summed E-state index contributed by atoms with van der Waals surface area (Å²) >= 11 is 0. The van der Waals surface area contributed by atoms with Crippen molar-refractivity contribution in [2.24, 2.45) is 0 Å². The molecule has 0 bridgehead atoms. The van der Waals surface area contributed by atoms with Crippen LogP contribution in [0.3, 0.4) is 0 Å². The van der Waals surface area contributed by atoms with Crippen LogP contribution in [0.1, 0.15) is 53.5 Å². The first kappa shape index (κ1) is 22.8. The predicted octanol–water partition coefficient (Wildman–Crippen LogP) is 4.68. The van der Waals surface area contributed by atoms with Crippen molar-refractivity contribution < 1.29 is 9.53 Å². The van der Waals surface area contributed by atoms with Crippen molar-refractivity contribution in [3.63, 3.8) is 0 Å². The molecule has 0 spiro atoms. The van der Waals surface area contributed by atoms with Crippen LogP contribution >= 0.6 is 0 Å². The molecule has 2 aromatic heterocycles. The number of carbonyl (C=O) groups is 1. The predicted molar refractivity (Wildman–Crippen MR) is 135 cm³/mol. The molecule has 178 valence electrons. The van der Waals surface area contributed by atoms with Gasteiger partial charge in [-0.15, -0.1) is 0 Å². The number of benzene rings is 1. The minimum atomic E-state index is -0.126. The second-order valence-corrected chi connectivity index (χ2v) is 10.1. The molecule has 1 aromatic carbocycles. The lowest BCUT2D eigenvalue weighted by Gasteiger charge is -2.30. The van der Waals surface area contributed by atoms with Gasteiger partial charge in [-0.05, 0) is 87.7 Å². The van der Waals surface area contributed by atoms with Crippen LogP contribution in [0, 0.1) is 13.8 Å². The minimum absolute atomic E-state index is 0.126. The molecule has 0 radical (unpaired) electrons. The molecule has 3 aromatic rings. The van der Waals surface area contributed by atoms with Crippen molar-refractivity contribution in [3.8, 4) is 17.0 Å². The molecule has 0 N–H and O–H groups in total. The quantitative estimate of drug-likeness (QED) is 0.568. The summed E-state index contributed by atoms with van der Waals surface area (Å²) in [6.07, 6.45) is 3.12. The van der Waals surface area contributed by atoms with Gasteiger partial charge in [-0.2, -0.15) is 0 Å². The van der Waals surface area contributed by atoms with E-state index >= 15 is 0 Å². The maximum absolute atomic E-state index is 13.0. The van der Waals surface area contributed by atoms with Crippen LogP contribution in [-0.2, 0) is 4.79 Å². The van der Waals surface area contributed by atoms with E-state index in [2.05, 4.69) is 44.0 Å². The Kier molecular flexibility index (Phi) is 6.02. The highest BCUT2D eigenvalue weighted by Gasteiger charge is 2.33. The first-order valence-electron chi connectivity index (χ1n) is 12.3. The number of methoxy groups -OCH3 is 1. The number of hydrogen-bond acceptors (Lipinski definition) is 5. The first-order chi connectivity index (χ1) is 16.4. The van der Waals surface area contributed by atoms with Gasteiger partial charge >= 0.3 is 0 Å². The van der Waals surface area contributed by atoms with Gasteiger partial charge in [0.1, 0.15) is 5.75 Å². The molecule has 0 aliphatic carbocycles. The lowest BCUT2D eigenvalue weighted by molar-refractivity contribution is -0.127. The average molecular weight is 459 g/mol. The van der Waals surface area contributed by atoms with E-state index in [9.17, 15) is 4.79 Å². The number of aromatic nitrogens is 2. The van der Waals surface area contributed by atoms with Gasteiger partial charge < -0.3 is 14.5 Å². The van der Waals surface area contributed by atoms with Gasteiger partial charge in [-0.3, -0.25) is 4.79 Å². The van der Waals surface area contributed by atoms with Crippen LogP contribution in [0.25, 0.3) is 22.3 Å². The monoisotopic (exact) mass is 458 g/mol. The Morgan fingerprint density at radius 2 is 1.85 bits per heavy atom. The lowest BCUT2D eigenvalue weighted by atomic mass is 9.89. The maximum atomic E-state index is 13.0. The zero-order valence-corrected chi connectivity index (χ0v) is 20.9. The van der Waals surface area contributed by atoms with Crippen molar-refractivity contribution in [3.05, 3.63) is 52.7 Å². The van der Waals surface area contributed by atoms with Crippen LogP contribution in [-0.4, -0.2) is 66.5 Å². The number of nitrogens with zero attached hydrogens (tertiary/aromatic N) is 4. The van der Waals surface area contributed by atoms with Crippen LogP contribution in [0.5, 0.6) is 5.75 Å². The standard InChI is InChI=1S/C28H34N4O2/c1-17-13-18(2)26(25(14-17)34-5)23-9-8-20-22(21-10-12-32(4)28(21)33)15-24(30-27(20)29-23)19-7-6-11-31(3)16-19/h8-9,13-15,19,21H,6-7,10-12,16H2,1-5H3/t19?,21-/m0/s1. The summed E-state index contributed by atoms with van der Waals surface area (Å²) in [6, 6.07) is 10.6. The molecule has 2 saturated heterocycles. The number of ether oxygens (including phenoxy) is 1. The van der Waals surface area contributed by atoms with Crippen molar-refractivity contribution in [2.45, 2.75) is 44.9 Å². The topological polar surface area (TPSA) is 58.6 Å². The van der Waals surface area contributed by atoms with Crippen LogP contribution < -0.4 is 4.74 Å². The van der Waals surface area contributed by atoms with Crippen molar-refractivity contribution >= 4 is 16.9 Å². The fourth-order valence-corrected chi connectivity index (χ4v) is 5.72. The number of hydrogen-bond donors (Lipinski definition) is 0. The van der Waals surface area contributed by atoms with Gasteiger partial charge in [-0.1, -0.05) is 6.07 Å². The third-order valence-corrected chi connectivity index (χ3v) is 7.49. The van der Waals surface area contributed by atoms with Crippen LogP contribution in [0.15, 0.2) is 30.3 Å². The van der Waals surface area contributed by atoms with Gasteiger partial charge in [0.05, 0.1) is 18.7 Å². The van der Waals surface area contributed by atoms with Gasteiger partial charge in [0, 0.05) is 42.7 Å². The van der Waals surface area contributed by atoms with E-state index in [0.29, 0.717) is 5.92 Å². The van der Waals surface area contributed by atoms with E-state index in [4.69, 9.17) is 14.7 Å². The van der Waals surface area contributed by atoms with E-state index in [0.717, 1.165) is 89.3 Å². The summed E-state index contributed by atoms with van der Waals surface area (Å²) in [5.74, 6) is 1.25. The van der Waals surface area contributed by atoms with Gasteiger partial charge in [0.25, 0.3) is 0 Å². The fraction of sp³-hybridized carbons (Fsp3) is 0.464. The molecular formula is C28H34N4O2. The third kappa shape index (κ3) is 4.05. The molecule has 1 amide bonds. The Bertz CT molecular complexity index is 1250. The van der Waals surface area contributed by atoms with E-state index in [-0.39, 0.29) is 11.8 Å². The van der Waals surface area contributed by atoms with Gasteiger partial charge in [0.15, 0.2) is 5.65 Å². The van der Waals surface area contributed by atoms with Crippen LogP contribution in [0.4, 0.5) is 0 Å². The Balaban J connectivity index is 1.69. The smallest absolute Gasteiger partial charge is 0.229 e. The third-order valence-electron chi connectivity index (χ3n) is 7.49. The number of aryl methyl sites for hydroxylation is 2. The van der Waals surface area contributed by atoms with Gasteiger partial charge in [0.2, 0.25) is 5.91 Å². The number of likely N-dealkylation sites (tertiary alicyclic amines) is 2. The largest absolute Gasteiger partial charge is 0.496 e. The van der Waals surface area contributed by atoms with E-state index in [1.807, 2.05) is 24.1 Å². The van der Waals surface area contributed by atoms with Crippen molar-refractivity contribution in [1.82, 2.24) is 19.8 Å². The summed E-state index contributed by atoms with van der Waals surface area (Å²) in [4.78, 5) is 27.4. The summed E-state index contributed by atoms with van der Waals surface area (Å²) in [6.45, 7) is 7.07. The Hall–Kier alpha value is -2.99. The molecule has 6 nitrogen and oxygen atoms in total. The molecule has 5 rings (SSSR count). The number of piperidine rings is 1.